The molecule has 0 aliphatic carbocycles. The molecule has 0 bridgehead atoms. The quantitative estimate of drug-likeness (QED) is 0.836. The molecule has 15 heavy (non-hydrogen) atoms. The number of hydrogen-bond acceptors (Lipinski definition) is 4. The van der Waals surface area contributed by atoms with Crippen molar-refractivity contribution in [3.63, 3.8) is 0 Å². The number of aromatic nitrogens is 1. The second kappa shape index (κ2) is 4.04. The van der Waals surface area contributed by atoms with Gasteiger partial charge >= 0.3 is 6.09 Å². The molecule has 0 unspecified atom stereocenters. The third-order valence-electron chi connectivity index (χ3n) is 1.74. The van der Waals surface area contributed by atoms with Crippen LogP contribution >= 0.6 is 22.9 Å². The second-order valence-electron chi connectivity index (χ2n) is 2.75. The Morgan fingerprint density at radius 1 is 1.60 bits per heavy atom. The highest BCUT2D eigenvalue weighted by Crippen LogP contribution is 2.28. The number of amides is 1. The molecule has 2 rings (SSSR count). The van der Waals surface area contributed by atoms with Crippen molar-refractivity contribution in [3.8, 4) is 0 Å². The van der Waals surface area contributed by atoms with Crippen LogP contribution in [0.25, 0.3) is 10.2 Å². The normalized spacial score (nSPS) is 10.3. The van der Waals surface area contributed by atoms with Crippen LogP contribution < -0.4 is 5.32 Å². The van der Waals surface area contributed by atoms with Gasteiger partial charge in [0.15, 0.2) is 5.13 Å². The minimum Gasteiger partial charge on any atom is -0.453 e. The molecule has 0 fully saturated rings. The maximum atomic E-state index is 10.9. The third-order valence-corrected chi connectivity index (χ3v) is 2.91. The van der Waals surface area contributed by atoms with Gasteiger partial charge in [0.25, 0.3) is 0 Å². The third kappa shape index (κ3) is 2.19. The van der Waals surface area contributed by atoms with Crippen molar-refractivity contribution in [2.75, 3.05) is 12.4 Å². The maximum absolute atomic E-state index is 10.9. The molecule has 0 aliphatic heterocycles. The lowest BCUT2D eigenvalue weighted by Gasteiger charge is -1.96. The molecular formula is C9H7ClN2O2S. The summed E-state index contributed by atoms with van der Waals surface area (Å²) in [4.78, 5) is 15.1. The number of ether oxygens (including phenoxy) is 1. The first-order valence-electron chi connectivity index (χ1n) is 4.10. The molecule has 0 atom stereocenters. The maximum Gasteiger partial charge on any atom is 0.413 e. The van der Waals surface area contributed by atoms with Crippen molar-refractivity contribution in [1.82, 2.24) is 4.98 Å². The molecule has 1 N–H and O–H groups in total. The number of benzene rings is 1. The molecule has 0 saturated carbocycles. The van der Waals surface area contributed by atoms with Crippen LogP contribution in [0.3, 0.4) is 0 Å². The summed E-state index contributed by atoms with van der Waals surface area (Å²) < 4.78 is 5.39. The van der Waals surface area contributed by atoms with Crippen LogP contribution in [-0.4, -0.2) is 18.2 Å². The summed E-state index contributed by atoms with van der Waals surface area (Å²) in [5.41, 5.74) is 0.802. The monoisotopic (exact) mass is 242 g/mol. The number of rotatable bonds is 1. The Morgan fingerprint density at radius 2 is 2.40 bits per heavy atom. The molecule has 1 heterocycles. The van der Waals surface area contributed by atoms with Gasteiger partial charge in [-0.1, -0.05) is 22.9 Å². The van der Waals surface area contributed by atoms with E-state index in [9.17, 15) is 4.79 Å². The van der Waals surface area contributed by atoms with Gasteiger partial charge in [-0.15, -0.1) is 0 Å². The van der Waals surface area contributed by atoms with Crippen LogP contribution in [-0.2, 0) is 4.74 Å². The molecule has 6 heteroatoms. The molecule has 0 aliphatic rings. The SMILES string of the molecule is COC(=O)Nc1nc2ccc(Cl)cc2s1. The minimum atomic E-state index is -0.528. The van der Waals surface area contributed by atoms with Crippen LogP contribution in [0.5, 0.6) is 0 Å². The lowest BCUT2D eigenvalue weighted by Crippen LogP contribution is -2.10. The average molecular weight is 243 g/mol. The van der Waals surface area contributed by atoms with Crippen LogP contribution in [0.1, 0.15) is 0 Å². The molecule has 1 aromatic carbocycles. The van der Waals surface area contributed by atoms with Crippen molar-refractivity contribution in [2.24, 2.45) is 0 Å². The summed E-state index contributed by atoms with van der Waals surface area (Å²) in [7, 11) is 1.31. The topological polar surface area (TPSA) is 51.2 Å². The predicted octanol–water partition coefficient (Wildman–Crippen LogP) is 3.13. The van der Waals surface area contributed by atoms with E-state index in [4.69, 9.17) is 11.6 Å². The molecule has 0 spiro atoms. The van der Waals surface area contributed by atoms with Crippen LogP contribution in [0.2, 0.25) is 5.02 Å². The first kappa shape index (κ1) is 10.2. The summed E-state index contributed by atoms with van der Waals surface area (Å²) in [5.74, 6) is 0. The highest BCUT2D eigenvalue weighted by atomic mass is 35.5. The Labute approximate surface area is 94.8 Å². The number of nitrogens with zero attached hydrogens (tertiary/aromatic N) is 1. The van der Waals surface area contributed by atoms with Gasteiger partial charge in [0.1, 0.15) is 0 Å². The van der Waals surface area contributed by atoms with E-state index < -0.39 is 6.09 Å². The number of methoxy groups -OCH3 is 1. The Kier molecular flexibility index (Phi) is 2.75. The van der Waals surface area contributed by atoms with E-state index in [0.29, 0.717) is 10.2 Å². The zero-order valence-corrected chi connectivity index (χ0v) is 9.35. The van der Waals surface area contributed by atoms with Gasteiger partial charge in [0.2, 0.25) is 0 Å². The molecular weight excluding hydrogens is 236 g/mol. The highest BCUT2D eigenvalue weighted by Gasteiger charge is 2.07. The summed E-state index contributed by atoms with van der Waals surface area (Å²) in [6.07, 6.45) is -0.528. The van der Waals surface area contributed by atoms with Crippen molar-refractivity contribution in [2.45, 2.75) is 0 Å². The Balaban J connectivity index is 2.34. The largest absolute Gasteiger partial charge is 0.453 e. The molecule has 1 amide bonds. The van der Waals surface area contributed by atoms with Gasteiger partial charge in [-0.3, -0.25) is 5.32 Å². The molecule has 2 aromatic rings. The molecule has 1 aromatic heterocycles. The zero-order chi connectivity index (χ0) is 10.8. The van der Waals surface area contributed by atoms with E-state index in [2.05, 4.69) is 15.0 Å². The Hall–Kier alpha value is -1.33. The van der Waals surface area contributed by atoms with Gasteiger partial charge in [0.05, 0.1) is 17.3 Å². The van der Waals surface area contributed by atoms with E-state index in [0.717, 1.165) is 10.2 Å². The fourth-order valence-corrected chi connectivity index (χ4v) is 2.22. The number of thiazole rings is 1. The van der Waals surface area contributed by atoms with Crippen LogP contribution in [0, 0.1) is 0 Å². The number of halogens is 1. The van der Waals surface area contributed by atoms with Crippen LogP contribution in [0.4, 0.5) is 9.93 Å². The summed E-state index contributed by atoms with van der Waals surface area (Å²) in [6.45, 7) is 0. The summed E-state index contributed by atoms with van der Waals surface area (Å²) in [5, 5.41) is 3.65. The van der Waals surface area contributed by atoms with Crippen molar-refractivity contribution in [3.05, 3.63) is 23.2 Å². The lowest BCUT2D eigenvalue weighted by atomic mass is 10.3. The van der Waals surface area contributed by atoms with Gasteiger partial charge in [-0.25, -0.2) is 9.78 Å². The van der Waals surface area contributed by atoms with Gasteiger partial charge in [0, 0.05) is 5.02 Å². The van der Waals surface area contributed by atoms with Crippen molar-refractivity contribution in [1.29, 1.82) is 0 Å². The van der Waals surface area contributed by atoms with Crippen molar-refractivity contribution < 1.29 is 9.53 Å². The highest BCUT2D eigenvalue weighted by molar-refractivity contribution is 7.22. The summed E-state index contributed by atoms with van der Waals surface area (Å²) >= 11 is 7.18. The van der Waals surface area contributed by atoms with Gasteiger partial charge in [-0.05, 0) is 18.2 Å². The smallest absolute Gasteiger partial charge is 0.413 e. The molecule has 0 radical (unpaired) electrons. The number of carbonyl (C=O) groups is 1. The fourth-order valence-electron chi connectivity index (χ4n) is 1.09. The average Bonchev–Trinajstić information content (AvgIpc) is 2.59. The fraction of sp³-hybridized carbons (Fsp3) is 0.111. The van der Waals surface area contributed by atoms with E-state index in [1.807, 2.05) is 0 Å². The number of carbonyl (C=O) groups excluding carboxylic acids is 1. The van der Waals surface area contributed by atoms with Gasteiger partial charge < -0.3 is 4.74 Å². The molecule has 0 saturated heterocycles. The van der Waals surface area contributed by atoms with Crippen LogP contribution in [0.15, 0.2) is 18.2 Å². The standard InChI is InChI=1S/C9H7ClN2O2S/c1-14-9(13)12-8-11-6-3-2-5(10)4-7(6)15-8/h2-4H,1H3,(H,11,12,13). The van der Waals surface area contributed by atoms with Gasteiger partial charge in [-0.2, -0.15) is 0 Å². The van der Waals surface area contributed by atoms with E-state index in [-0.39, 0.29) is 0 Å². The van der Waals surface area contributed by atoms with E-state index in [1.165, 1.54) is 18.4 Å². The first-order valence-corrected chi connectivity index (χ1v) is 5.29. The summed E-state index contributed by atoms with van der Waals surface area (Å²) in [6, 6.07) is 5.36. The predicted molar refractivity (Wildman–Crippen MR) is 60.7 cm³/mol. The number of anilines is 1. The molecule has 78 valence electrons. The molecule has 4 nitrogen and oxygen atoms in total. The van der Waals surface area contributed by atoms with Crippen molar-refractivity contribution >= 4 is 44.4 Å². The second-order valence-corrected chi connectivity index (χ2v) is 4.21. The minimum absolute atomic E-state index is 0.499. The first-order chi connectivity index (χ1) is 7.19. The number of fused-ring (bicyclic) bond motifs is 1. The van der Waals surface area contributed by atoms with E-state index in [1.54, 1.807) is 18.2 Å². The zero-order valence-electron chi connectivity index (χ0n) is 7.78. The number of hydrogen-bond donors (Lipinski definition) is 1. The Morgan fingerprint density at radius 3 is 3.13 bits per heavy atom. The Bertz CT molecular complexity index is 512. The van der Waals surface area contributed by atoms with E-state index >= 15 is 0 Å². The number of nitrogens with one attached hydrogen (secondary N) is 1. The lowest BCUT2D eigenvalue weighted by molar-refractivity contribution is 0.187.